The number of hydrogen-bond donors (Lipinski definition) is 0. The number of carbonyl (C=O) groups is 1. The molecule has 1 aromatic heterocycles. The highest BCUT2D eigenvalue weighted by atomic mass is 16.5. The molecule has 0 fully saturated rings. The number of rotatable bonds is 2. The van der Waals surface area contributed by atoms with Gasteiger partial charge in [-0.05, 0) is 19.8 Å². The summed E-state index contributed by atoms with van der Waals surface area (Å²) < 4.78 is 6.52. The first-order chi connectivity index (χ1) is 6.77. The number of carbonyl (C=O) groups excluding carboxylic acids is 1. The molecule has 0 amide bonds. The van der Waals surface area contributed by atoms with E-state index in [0.29, 0.717) is 12.4 Å². The van der Waals surface area contributed by atoms with Gasteiger partial charge in [-0.1, -0.05) is 0 Å². The summed E-state index contributed by atoms with van der Waals surface area (Å²) in [6, 6.07) is 0. The molecular weight excluding hydrogens is 180 g/mol. The molecule has 0 atom stereocenters. The molecule has 0 saturated carbocycles. The maximum atomic E-state index is 10.9. The second-order valence-electron chi connectivity index (χ2n) is 2.51. The summed E-state index contributed by atoms with van der Waals surface area (Å²) in [5, 5.41) is 0. The summed E-state index contributed by atoms with van der Waals surface area (Å²) in [5.74, 6) is 5.09. The average Bonchev–Trinajstić information content (AvgIpc) is 2.62. The average molecular weight is 192 g/mol. The Kier molecular flexibility index (Phi) is 3.74. The van der Waals surface area contributed by atoms with Crippen LogP contribution in [0.4, 0.5) is 0 Å². The van der Waals surface area contributed by atoms with Crippen molar-refractivity contribution in [1.82, 2.24) is 9.55 Å². The van der Waals surface area contributed by atoms with Gasteiger partial charge in [-0.3, -0.25) is 0 Å². The maximum absolute atomic E-state index is 10.9. The number of imidazole rings is 1. The van der Waals surface area contributed by atoms with Crippen LogP contribution in [0, 0.1) is 11.8 Å². The maximum Gasteiger partial charge on any atom is 0.384 e. The standard InChI is InChI=1S/C10H12N2O2/c1-3-12-8-7-11-9(12)5-6-10(13)14-4-2/h7-8H,3-4H2,1-2H3. The second-order valence-corrected chi connectivity index (χ2v) is 2.51. The predicted molar refractivity (Wildman–Crippen MR) is 51.4 cm³/mol. The Balaban J connectivity index is 2.72. The summed E-state index contributed by atoms with van der Waals surface area (Å²) >= 11 is 0. The second kappa shape index (κ2) is 5.07. The Labute approximate surface area is 82.9 Å². The molecular formula is C10H12N2O2. The van der Waals surface area contributed by atoms with Gasteiger partial charge in [-0.25, -0.2) is 9.78 Å². The number of esters is 1. The third kappa shape index (κ3) is 2.63. The van der Waals surface area contributed by atoms with E-state index in [9.17, 15) is 4.79 Å². The van der Waals surface area contributed by atoms with Gasteiger partial charge in [-0.2, -0.15) is 0 Å². The number of aromatic nitrogens is 2. The third-order valence-electron chi connectivity index (χ3n) is 1.61. The molecule has 4 nitrogen and oxygen atoms in total. The third-order valence-corrected chi connectivity index (χ3v) is 1.61. The minimum absolute atomic E-state index is 0.343. The Morgan fingerprint density at radius 1 is 1.64 bits per heavy atom. The minimum atomic E-state index is -0.516. The lowest BCUT2D eigenvalue weighted by Gasteiger charge is -1.95. The molecule has 4 heteroatoms. The highest BCUT2D eigenvalue weighted by Crippen LogP contribution is 1.94. The van der Waals surface area contributed by atoms with Crippen LogP contribution in [0.2, 0.25) is 0 Å². The van der Waals surface area contributed by atoms with E-state index in [0.717, 1.165) is 6.54 Å². The monoisotopic (exact) mass is 192 g/mol. The first kappa shape index (κ1) is 10.3. The molecule has 0 saturated heterocycles. The van der Waals surface area contributed by atoms with Crippen LogP contribution in [0.5, 0.6) is 0 Å². The summed E-state index contributed by atoms with van der Waals surface area (Å²) in [7, 11) is 0. The normalized spacial score (nSPS) is 9.00. The van der Waals surface area contributed by atoms with Crippen LogP contribution in [0.3, 0.4) is 0 Å². The van der Waals surface area contributed by atoms with Crippen LogP contribution in [0.15, 0.2) is 12.4 Å². The van der Waals surface area contributed by atoms with Crippen molar-refractivity contribution in [2.75, 3.05) is 6.61 Å². The van der Waals surface area contributed by atoms with Gasteiger partial charge in [0.1, 0.15) is 0 Å². The van der Waals surface area contributed by atoms with Gasteiger partial charge in [-0.15, -0.1) is 0 Å². The lowest BCUT2D eigenvalue weighted by molar-refractivity contribution is -0.136. The van der Waals surface area contributed by atoms with E-state index in [2.05, 4.69) is 21.6 Å². The molecule has 0 spiro atoms. The van der Waals surface area contributed by atoms with Crippen LogP contribution >= 0.6 is 0 Å². The van der Waals surface area contributed by atoms with Crippen LogP contribution in [0.25, 0.3) is 0 Å². The summed E-state index contributed by atoms with van der Waals surface area (Å²) in [4.78, 5) is 14.9. The molecule has 0 aliphatic heterocycles. The van der Waals surface area contributed by atoms with Crippen molar-refractivity contribution < 1.29 is 9.53 Å². The molecule has 14 heavy (non-hydrogen) atoms. The molecule has 0 aliphatic carbocycles. The Hall–Kier alpha value is -1.76. The van der Waals surface area contributed by atoms with Gasteiger partial charge in [0.25, 0.3) is 0 Å². The molecule has 0 radical (unpaired) electrons. The SMILES string of the molecule is CCOC(=O)C#Cc1nccn1CC. The van der Waals surface area contributed by atoms with Crippen molar-refractivity contribution in [2.45, 2.75) is 20.4 Å². The fourth-order valence-corrected chi connectivity index (χ4v) is 0.963. The predicted octanol–water partition coefficient (Wildman–Crippen LogP) is 0.818. The molecule has 74 valence electrons. The van der Waals surface area contributed by atoms with Crippen LogP contribution in [-0.4, -0.2) is 22.1 Å². The zero-order valence-electron chi connectivity index (χ0n) is 8.28. The van der Waals surface area contributed by atoms with Gasteiger partial charge in [0.2, 0.25) is 0 Å². The molecule has 0 aromatic carbocycles. The van der Waals surface area contributed by atoms with Crippen LogP contribution in [-0.2, 0) is 16.1 Å². The zero-order chi connectivity index (χ0) is 10.4. The Morgan fingerprint density at radius 2 is 2.43 bits per heavy atom. The van der Waals surface area contributed by atoms with Crippen molar-refractivity contribution >= 4 is 5.97 Å². The van der Waals surface area contributed by atoms with Crippen LogP contribution in [0.1, 0.15) is 19.7 Å². The summed E-state index contributed by atoms with van der Waals surface area (Å²) in [6.45, 7) is 4.85. The molecule has 1 rings (SSSR count). The quantitative estimate of drug-likeness (QED) is 0.514. The fraction of sp³-hybridized carbons (Fsp3) is 0.400. The number of nitrogens with zero attached hydrogens (tertiary/aromatic N) is 2. The van der Waals surface area contributed by atoms with Crippen molar-refractivity contribution in [2.24, 2.45) is 0 Å². The molecule has 0 unspecified atom stereocenters. The topological polar surface area (TPSA) is 44.1 Å². The minimum Gasteiger partial charge on any atom is -0.456 e. The zero-order valence-corrected chi connectivity index (χ0v) is 8.28. The number of aryl methyl sites for hydroxylation is 1. The number of hydrogen-bond acceptors (Lipinski definition) is 3. The van der Waals surface area contributed by atoms with E-state index < -0.39 is 5.97 Å². The van der Waals surface area contributed by atoms with E-state index >= 15 is 0 Å². The van der Waals surface area contributed by atoms with E-state index in [1.807, 2.05) is 17.7 Å². The van der Waals surface area contributed by atoms with Gasteiger partial charge < -0.3 is 9.30 Å². The lowest BCUT2D eigenvalue weighted by Crippen LogP contribution is -2.01. The van der Waals surface area contributed by atoms with Crippen molar-refractivity contribution in [3.63, 3.8) is 0 Å². The van der Waals surface area contributed by atoms with Crippen molar-refractivity contribution in [3.8, 4) is 11.8 Å². The largest absolute Gasteiger partial charge is 0.456 e. The summed E-state index contributed by atoms with van der Waals surface area (Å²) in [6.07, 6.45) is 3.47. The number of ether oxygens (including phenoxy) is 1. The Morgan fingerprint density at radius 3 is 3.07 bits per heavy atom. The first-order valence-corrected chi connectivity index (χ1v) is 4.47. The highest BCUT2D eigenvalue weighted by molar-refractivity contribution is 5.88. The fourth-order valence-electron chi connectivity index (χ4n) is 0.963. The van der Waals surface area contributed by atoms with E-state index in [1.54, 1.807) is 13.1 Å². The van der Waals surface area contributed by atoms with E-state index in [4.69, 9.17) is 0 Å². The van der Waals surface area contributed by atoms with Gasteiger partial charge in [0.05, 0.1) is 6.61 Å². The highest BCUT2D eigenvalue weighted by Gasteiger charge is 1.97. The van der Waals surface area contributed by atoms with Crippen molar-refractivity contribution in [1.29, 1.82) is 0 Å². The van der Waals surface area contributed by atoms with E-state index in [1.165, 1.54) is 0 Å². The smallest absolute Gasteiger partial charge is 0.384 e. The van der Waals surface area contributed by atoms with Gasteiger partial charge in [0.15, 0.2) is 5.82 Å². The van der Waals surface area contributed by atoms with E-state index in [-0.39, 0.29) is 0 Å². The molecule has 1 heterocycles. The lowest BCUT2D eigenvalue weighted by atomic mass is 10.5. The molecule has 1 aromatic rings. The summed E-state index contributed by atoms with van der Waals surface area (Å²) in [5.41, 5.74) is 0. The van der Waals surface area contributed by atoms with Crippen LogP contribution < -0.4 is 0 Å². The van der Waals surface area contributed by atoms with Gasteiger partial charge in [0, 0.05) is 24.9 Å². The van der Waals surface area contributed by atoms with Gasteiger partial charge >= 0.3 is 5.97 Å². The Bertz CT molecular complexity index is 371. The first-order valence-electron chi connectivity index (χ1n) is 4.47. The van der Waals surface area contributed by atoms with Crippen molar-refractivity contribution in [3.05, 3.63) is 18.2 Å². The molecule has 0 aliphatic rings. The molecule has 0 N–H and O–H groups in total. The molecule has 0 bridgehead atoms.